The third-order valence-corrected chi connectivity index (χ3v) is 3.29. The number of methoxy groups -OCH3 is 1. The second-order valence-corrected chi connectivity index (χ2v) is 3.69. The van der Waals surface area contributed by atoms with Gasteiger partial charge in [0.25, 0.3) is 0 Å². The maximum absolute atomic E-state index is 5.49. The van der Waals surface area contributed by atoms with E-state index < -0.39 is 0 Å². The molecule has 11 heavy (non-hydrogen) atoms. The predicted molar refractivity (Wildman–Crippen MR) is 44.6 cm³/mol. The Morgan fingerprint density at radius 2 is 2.27 bits per heavy atom. The smallest absolute Gasteiger partial charge is 0.0766 e. The third-order valence-electron chi connectivity index (χ3n) is 3.29. The van der Waals surface area contributed by atoms with Crippen molar-refractivity contribution < 1.29 is 4.74 Å². The van der Waals surface area contributed by atoms with E-state index in [2.05, 4.69) is 11.8 Å². The van der Waals surface area contributed by atoms with E-state index in [9.17, 15) is 0 Å². The van der Waals surface area contributed by atoms with Crippen molar-refractivity contribution in [2.45, 2.75) is 31.9 Å². The average Bonchev–Trinajstić information content (AvgIpc) is 2.59. The van der Waals surface area contributed by atoms with Crippen LogP contribution in [-0.2, 0) is 4.74 Å². The molecule has 3 unspecified atom stereocenters. The minimum atomic E-state index is 0.551. The number of piperidine rings is 1. The average molecular weight is 155 g/mol. The Balaban J connectivity index is 2.06. The Bertz CT molecular complexity index is 148. The highest BCUT2D eigenvalue weighted by atomic mass is 16.5. The summed E-state index contributed by atoms with van der Waals surface area (Å²) in [6, 6.07) is 0.745. The van der Waals surface area contributed by atoms with Crippen LogP contribution in [0.3, 0.4) is 0 Å². The first-order chi connectivity index (χ1) is 5.36. The molecule has 2 heteroatoms. The van der Waals surface area contributed by atoms with E-state index in [-0.39, 0.29) is 0 Å². The molecule has 0 aromatic carbocycles. The molecule has 1 saturated heterocycles. The number of hydrogen-bond donors (Lipinski definition) is 0. The lowest BCUT2D eigenvalue weighted by molar-refractivity contribution is 0.0703. The highest BCUT2D eigenvalue weighted by Gasteiger charge is 2.46. The van der Waals surface area contributed by atoms with Gasteiger partial charge in [-0.2, -0.15) is 0 Å². The van der Waals surface area contributed by atoms with Crippen molar-refractivity contribution in [3.8, 4) is 0 Å². The van der Waals surface area contributed by atoms with Crippen molar-refractivity contribution >= 4 is 0 Å². The molecular formula is C9H17NO. The normalized spacial score (nSPS) is 43.6. The summed E-state index contributed by atoms with van der Waals surface area (Å²) in [4.78, 5) is 2.56. The monoisotopic (exact) mass is 155 g/mol. The molecule has 2 bridgehead atoms. The van der Waals surface area contributed by atoms with Crippen molar-refractivity contribution in [3.05, 3.63) is 0 Å². The molecule has 2 aliphatic rings. The van der Waals surface area contributed by atoms with Crippen LogP contribution >= 0.6 is 0 Å². The topological polar surface area (TPSA) is 12.5 Å². The molecule has 1 aliphatic carbocycles. The van der Waals surface area contributed by atoms with E-state index in [4.69, 9.17) is 4.74 Å². The molecule has 2 nitrogen and oxygen atoms in total. The van der Waals surface area contributed by atoms with E-state index in [0.717, 1.165) is 12.0 Å². The van der Waals surface area contributed by atoms with Crippen molar-refractivity contribution in [1.82, 2.24) is 4.90 Å². The summed E-state index contributed by atoms with van der Waals surface area (Å²) in [7, 11) is 1.86. The largest absolute Gasteiger partial charge is 0.379 e. The summed E-state index contributed by atoms with van der Waals surface area (Å²) in [6.45, 7) is 4.72. The van der Waals surface area contributed by atoms with Gasteiger partial charge in [0.15, 0.2) is 0 Å². The van der Waals surface area contributed by atoms with E-state index in [1.54, 1.807) is 0 Å². The van der Waals surface area contributed by atoms with Crippen molar-refractivity contribution in [2.75, 3.05) is 20.2 Å². The van der Waals surface area contributed by atoms with Gasteiger partial charge in [0.05, 0.1) is 6.10 Å². The molecule has 0 radical (unpaired) electrons. The molecule has 3 atom stereocenters. The van der Waals surface area contributed by atoms with Crippen LogP contribution in [0.25, 0.3) is 0 Å². The zero-order chi connectivity index (χ0) is 7.84. The first-order valence-corrected chi connectivity index (χ1v) is 4.63. The minimum absolute atomic E-state index is 0.551. The van der Waals surface area contributed by atoms with Crippen molar-refractivity contribution in [1.29, 1.82) is 0 Å². The molecule has 0 aromatic rings. The van der Waals surface area contributed by atoms with Gasteiger partial charge in [-0.1, -0.05) is 6.92 Å². The van der Waals surface area contributed by atoms with E-state index in [1.807, 2.05) is 7.11 Å². The van der Waals surface area contributed by atoms with Crippen molar-refractivity contribution in [2.24, 2.45) is 5.92 Å². The summed E-state index contributed by atoms with van der Waals surface area (Å²) < 4.78 is 5.49. The summed E-state index contributed by atoms with van der Waals surface area (Å²) >= 11 is 0. The highest BCUT2D eigenvalue weighted by molar-refractivity contribution is 4.99. The number of hydrogen-bond acceptors (Lipinski definition) is 2. The first kappa shape index (κ1) is 7.56. The second kappa shape index (κ2) is 2.76. The Labute approximate surface area is 68.5 Å². The van der Waals surface area contributed by atoms with E-state index in [0.29, 0.717) is 6.10 Å². The summed E-state index contributed by atoms with van der Waals surface area (Å²) in [6.07, 6.45) is 3.30. The van der Waals surface area contributed by atoms with Gasteiger partial charge >= 0.3 is 0 Å². The van der Waals surface area contributed by atoms with Gasteiger partial charge in [0, 0.05) is 19.7 Å². The fourth-order valence-corrected chi connectivity index (χ4v) is 2.76. The molecule has 0 spiro atoms. The maximum atomic E-state index is 5.49. The number of likely N-dealkylation sites (tertiary alicyclic amines) is 1. The van der Waals surface area contributed by atoms with Gasteiger partial charge in [-0.3, -0.25) is 4.90 Å². The van der Waals surface area contributed by atoms with Crippen LogP contribution in [0.1, 0.15) is 19.8 Å². The Hall–Kier alpha value is -0.0800. The van der Waals surface area contributed by atoms with Gasteiger partial charge in [-0.05, 0) is 25.3 Å². The molecule has 64 valence electrons. The number of likely N-dealkylation sites (N-methyl/N-ethyl adjacent to an activating group) is 1. The molecule has 2 fully saturated rings. The van der Waals surface area contributed by atoms with Crippen LogP contribution in [0.4, 0.5) is 0 Å². The van der Waals surface area contributed by atoms with Crippen LogP contribution in [-0.4, -0.2) is 37.2 Å². The standard InChI is InChI=1S/C9H17NO/c1-3-10-6-7-4-5-8(10)9(7)11-2/h7-9H,3-6H2,1-2H3. The van der Waals surface area contributed by atoms with E-state index >= 15 is 0 Å². The lowest BCUT2D eigenvalue weighted by Crippen LogP contribution is -2.34. The zero-order valence-electron chi connectivity index (χ0n) is 7.42. The van der Waals surface area contributed by atoms with Gasteiger partial charge < -0.3 is 4.74 Å². The number of nitrogens with zero attached hydrogens (tertiary/aromatic N) is 1. The van der Waals surface area contributed by atoms with Gasteiger partial charge in [-0.25, -0.2) is 0 Å². The van der Waals surface area contributed by atoms with Crippen molar-refractivity contribution in [3.63, 3.8) is 0 Å². The lowest BCUT2D eigenvalue weighted by atomic mass is 10.1. The van der Waals surface area contributed by atoms with Crippen LogP contribution in [0, 0.1) is 5.92 Å². The molecule has 1 saturated carbocycles. The van der Waals surface area contributed by atoms with Crippen LogP contribution < -0.4 is 0 Å². The van der Waals surface area contributed by atoms with Crippen LogP contribution in [0.5, 0.6) is 0 Å². The molecule has 1 heterocycles. The van der Waals surface area contributed by atoms with Crippen LogP contribution in [0.2, 0.25) is 0 Å². The molecule has 1 aliphatic heterocycles. The maximum Gasteiger partial charge on any atom is 0.0766 e. The number of fused-ring (bicyclic) bond motifs is 2. The van der Waals surface area contributed by atoms with Gasteiger partial charge in [-0.15, -0.1) is 0 Å². The minimum Gasteiger partial charge on any atom is -0.379 e. The van der Waals surface area contributed by atoms with Gasteiger partial charge in [0.1, 0.15) is 0 Å². The molecular weight excluding hydrogens is 138 g/mol. The molecule has 0 amide bonds. The third kappa shape index (κ3) is 1.00. The molecule has 2 rings (SSSR count). The Morgan fingerprint density at radius 3 is 2.73 bits per heavy atom. The van der Waals surface area contributed by atoms with E-state index in [1.165, 1.54) is 25.9 Å². The fraction of sp³-hybridized carbons (Fsp3) is 1.00. The van der Waals surface area contributed by atoms with Gasteiger partial charge in [0.2, 0.25) is 0 Å². The summed E-state index contributed by atoms with van der Waals surface area (Å²) in [5, 5.41) is 0. The highest BCUT2D eigenvalue weighted by Crippen LogP contribution is 2.38. The van der Waals surface area contributed by atoms with Crippen LogP contribution in [0.15, 0.2) is 0 Å². The zero-order valence-corrected chi connectivity index (χ0v) is 7.42. The second-order valence-electron chi connectivity index (χ2n) is 3.69. The first-order valence-electron chi connectivity index (χ1n) is 4.63. The number of ether oxygens (including phenoxy) is 1. The number of rotatable bonds is 2. The molecule has 0 aromatic heterocycles. The Morgan fingerprint density at radius 1 is 1.45 bits per heavy atom. The summed E-state index contributed by atoms with van der Waals surface area (Å²) in [5.41, 5.74) is 0. The SMILES string of the molecule is CCN1CC2CCC1C2OC. The summed E-state index contributed by atoms with van der Waals surface area (Å²) in [5.74, 6) is 0.838. The Kier molecular flexibility index (Phi) is 1.90. The predicted octanol–water partition coefficient (Wildman–Crippen LogP) is 1.12. The quantitative estimate of drug-likeness (QED) is 0.592. The lowest BCUT2D eigenvalue weighted by Gasteiger charge is -2.24. The molecule has 0 N–H and O–H groups in total. The fourth-order valence-electron chi connectivity index (χ4n) is 2.76.